The van der Waals surface area contributed by atoms with Crippen LogP contribution in [-0.4, -0.2) is 28.9 Å². The second-order valence-electron chi connectivity index (χ2n) is 6.39. The summed E-state index contributed by atoms with van der Waals surface area (Å²) in [6.07, 6.45) is 5.24. The number of nitrogens with one attached hydrogen (secondary N) is 1. The summed E-state index contributed by atoms with van der Waals surface area (Å²) in [6.45, 7) is 4.50. The van der Waals surface area contributed by atoms with Crippen LogP contribution in [0.15, 0.2) is 30.5 Å². The second kappa shape index (κ2) is 7.85. The highest BCUT2D eigenvalue weighted by Gasteiger charge is 2.21. The number of thiazole rings is 1. The van der Waals surface area contributed by atoms with E-state index >= 15 is 0 Å². The Morgan fingerprint density at radius 2 is 2.21 bits per heavy atom. The van der Waals surface area contributed by atoms with Crippen molar-refractivity contribution in [2.75, 3.05) is 18.4 Å². The number of nitrogens with zero attached hydrogens (tertiary/aromatic N) is 2. The summed E-state index contributed by atoms with van der Waals surface area (Å²) in [5.41, 5.74) is 1.20. The molecule has 4 nitrogen and oxygen atoms in total. The maximum absolute atomic E-state index is 13.0. The molecular weight excluding hydrogens is 325 g/mol. The monoisotopic (exact) mass is 347 g/mol. The molecule has 1 aromatic carbocycles. The van der Waals surface area contributed by atoms with Gasteiger partial charge in [-0.25, -0.2) is 9.37 Å². The number of aromatic nitrogens is 1. The van der Waals surface area contributed by atoms with Crippen LogP contribution < -0.4 is 5.32 Å². The lowest BCUT2D eigenvalue weighted by Gasteiger charge is -2.32. The van der Waals surface area contributed by atoms with Gasteiger partial charge >= 0.3 is 0 Å². The predicted molar refractivity (Wildman–Crippen MR) is 94.5 cm³/mol. The van der Waals surface area contributed by atoms with Crippen LogP contribution in [0.5, 0.6) is 0 Å². The molecule has 0 unspecified atom stereocenters. The molecule has 2 heterocycles. The topological polar surface area (TPSA) is 45.2 Å². The van der Waals surface area contributed by atoms with Crippen molar-refractivity contribution in [1.29, 1.82) is 0 Å². The Morgan fingerprint density at radius 1 is 1.42 bits per heavy atom. The van der Waals surface area contributed by atoms with Crippen LogP contribution in [0.25, 0.3) is 0 Å². The molecule has 0 spiro atoms. The van der Waals surface area contributed by atoms with E-state index in [-0.39, 0.29) is 11.7 Å². The van der Waals surface area contributed by atoms with Crippen molar-refractivity contribution < 1.29 is 9.18 Å². The highest BCUT2D eigenvalue weighted by atomic mass is 32.1. The molecule has 1 fully saturated rings. The number of halogens is 1. The number of amides is 1. The smallest absolute Gasteiger partial charge is 0.223 e. The van der Waals surface area contributed by atoms with Crippen LogP contribution in [0.2, 0.25) is 0 Å². The number of likely N-dealkylation sites (tertiary alicyclic amines) is 1. The van der Waals surface area contributed by atoms with Crippen molar-refractivity contribution in [3.63, 3.8) is 0 Å². The Labute approximate surface area is 145 Å². The molecule has 2 aromatic rings. The number of piperidine rings is 1. The van der Waals surface area contributed by atoms with Gasteiger partial charge in [0.15, 0.2) is 5.13 Å². The Hall–Kier alpha value is -1.79. The summed E-state index contributed by atoms with van der Waals surface area (Å²) in [5, 5.41) is 3.39. The highest BCUT2D eigenvalue weighted by Crippen LogP contribution is 2.25. The van der Waals surface area contributed by atoms with Crippen molar-refractivity contribution in [2.24, 2.45) is 5.92 Å². The average Bonchev–Trinajstić information content (AvgIpc) is 2.96. The number of anilines is 1. The molecular formula is C18H22FN3OS. The average molecular weight is 347 g/mol. The van der Waals surface area contributed by atoms with Crippen molar-refractivity contribution in [2.45, 2.75) is 32.7 Å². The lowest BCUT2D eigenvalue weighted by molar-refractivity contribution is -0.114. The van der Waals surface area contributed by atoms with Gasteiger partial charge in [-0.3, -0.25) is 9.69 Å². The van der Waals surface area contributed by atoms with E-state index in [9.17, 15) is 9.18 Å². The molecule has 1 aromatic heterocycles. The Morgan fingerprint density at radius 3 is 2.96 bits per heavy atom. The normalized spacial score (nSPS) is 18.5. The molecule has 0 bridgehead atoms. The molecule has 0 aliphatic carbocycles. The largest absolute Gasteiger partial charge is 0.302 e. The van der Waals surface area contributed by atoms with E-state index in [0.29, 0.717) is 11.0 Å². The van der Waals surface area contributed by atoms with Crippen LogP contribution in [0.4, 0.5) is 9.52 Å². The van der Waals surface area contributed by atoms with Crippen LogP contribution in [0.3, 0.4) is 0 Å². The van der Waals surface area contributed by atoms with Gasteiger partial charge in [0.1, 0.15) is 5.82 Å². The number of carbonyl (C=O) groups is 1. The maximum Gasteiger partial charge on any atom is 0.223 e. The van der Waals surface area contributed by atoms with Gasteiger partial charge in [-0.05, 0) is 49.4 Å². The van der Waals surface area contributed by atoms with Crippen molar-refractivity contribution in [1.82, 2.24) is 9.88 Å². The number of benzene rings is 1. The number of rotatable bonds is 5. The minimum absolute atomic E-state index is 0.0896. The molecule has 1 saturated heterocycles. The molecule has 24 heavy (non-hydrogen) atoms. The van der Waals surface area contributed by atoms with Crippen LogP contribution in [-0.2, 0) is 17.8 Å². The summed E-state index contributed by atoms with van der Waals surface area (Å²) in [6, 6.07) is 6.85. The minimum Gasteiger partial charge on any atom is -0.302 e. The molecule has 1 N–H and O–H groups in total. The quantitative estimate of drug-likeness (QED) is 0.897. The third-order valence-corrected chi connectivity index (χ3v) is 5.15. The van der Waals surface area contributed by atoms with Gasteiger partial charge in [-0.15, -0.1) is 11.3 Å². The van der Waals surface area contributed by atoms with Gasteiger partial charge in [-0.2, -0.15) is 0 Å². The van der Waals surface area contributed by atoms with Gasteiger partial charge in [0, 0.05) is 31.1 Å². The second-order valence-corrected chi connectivity index (χ2v) is 7.50. The first-order valence-electron chi connectivity index (χ1n) is 8.27. The molecule has 0 saturated carbocycles. The third-order valence-electron chi connectivity index (χ3n) is 4.26. The fourth-order valence-electron chi connectivity index (χ4n) is 3.22. The molecule has 3 rings (SSSR count). The summed E-state index contributed by atoms with van der Waals surface area (Å²) in [7, 11) is 0. The van der Waals surface area contributed by atoms with E-state index in [1.54, 1.807) is 0 Å². The van der Waals surface area contributed by atoms with Crippen molar-refractivity contribution in [3.05, 3.63) is 46.7 Å². The van der Waals surface area contributed by atoms with E-state index in [0.717, 1.165) is 26.1 Å². The van der Waals surface area contributed by atoms with Crippen LogP contribution >= 0.6 is 11.3 Å². The van der Waals surface area contributed by atoms with Gasteiger partial charge in [-0.1, -0.05) is 12.1 Å². The van der Waals surface area contributed by atoms with E-state index < -0.39 is 0 Å². The number of hydrogen-bond donors (Lipinski definition) is 1. The molecule has 128 valence electrons. The van der Waals surface area contributed by atoms with E-state index in [1.165, 1.54) is 53.7 Å². The summed E-state index contributed by atoms with van der Waals surface area (Å²) in [4.78, 5) is 18.9. The van der Waals surface area contributed by atoms with E-state index in [2.05, 4.69) is 15.2 Å². The lowest BCUT2D eigenvalue weighted by atomic mass is 9.91. The zero-order valence-corrected chi connectivity index (χ0v) is 14.6. The fraction of sp³-hybridized carbons (Fsp3) is 0.444. The molecule has 6 heteroatoms. The molecule has 1 aliphatic heterocycles. The first-order chi connectivity index (χ1) is 11.6. The van der Waals surface area contributed by atoms with Gasteiger partial charge in [0.2, 0.25) is 5.91 Å². The van der Waals surface area contributed by atoms with Crippen molar-refractivity contribution in [3.8, 4) is 0 Å². The standard InChI is InChI=1S/C18H22FN3OS/c1-13(23)21-18-20-10-17(24-18)12-22-8-2-3-15(11-22)9-14-4-6-16(19)7-5-14/h4-7,10,15H,2-3,8-9,11-12H2,1H3,(H,20,21,23)/t15-/m0/s1. The van der Waals surface area contributed by atoms with Gasteiger partial charge in [0.05, 0.1) is 0 Å². The molecule has 1 atom stereocenters. The lowest BCUT2D eigenvalue weighted by Crippen LogP contribution is -2.35. The SMILES string of the molecule is CC(=O)Nc1ncc(CN2CCC[C@@H](Cc3ccc(F)cc3)C2)s1. The molecule has 0 radical (unpaired) electrons. The minimum atomic E-state index is -0.177. The Balaban J connectivity index is 1.54. The third kappa shape index (κ3) is 4.85. The zero-order chi connectivity index (χ0) is 16.9. The number of carbonyl (C=O) groups excluding carboxylic acids is 1. The van der Waals surface area contributed by atoms with E-state index in [4.69, 9.17) is 0 Å². The fourth-order valence-corrected chi connectivity index (χ4v) is 4.13. The van der Waals surface area contributed by atoms with Gasteiger partial charge < -0.3 is 5.32 Å². The van der Waals surface area contributed by atoms with Crippen LogP contribution in [0.1, 0.15) is 30.2 Å². The van der Waals surface area contributed by atoms with Crippen molar-refractivity contribution >= 4 is 22.4 Å². The Bertz CT molecular complexity index is 686. The summed E-state index contributed by atoms with van der Waals surface area (Å²) in [5.74, 6) is 0.337. The summed E-state index contributed by atoms with van der Waals surface area (Å²) < 4.78 is 13.0. The highest BCUT2D eigenvalue weighted by molar-refractivity contribution is 7.15. The summed E-state index contributed by atoms with van der Waals surface area (Å²) >= 11 is 1.54. The zero-order valence-electron chi connectivity index (χ0n) is 13.8. The Kier molecular flexibility index (Phi) is 5.58. The van der Waals surface area contributed by atoms with E-state index in [1.807, 2.05) is 18.3 Å². The molecule has 1 amide bonds. The first kappa shape index (κ1) is 17.0. The van der Waals surface area contributed by atoms with Gasteiger partial charge in [0.25, 0.3) is 0 Å². The maximum atomic E-state index is 13.0. The number of hydrogen-bond acceptors (Lipinski definition) is 4. The molecule has 1 aliphatic rings. The van der Waals surface area contributed by atoms with Crippen LogP contribution in [0, 0.1) is 11.7 Å². The predicted octanol–water partition coefficient (Wildman–Crippen LogP) is 3.70. The first-order valence-corrected chi connectivity index (χ1v) is 9.09.